The van der Waals surface area contributed by atoms with E-state index in [1.165, 1.54) is 18.2 Å². The van der Waals surface area contributed by atoms with Crippen LogP contribution in [0.15, 0.2) is 23.1 Å². The van der Waals surface area contributed by atoms with Gasteiger partial charge in [0.15, 0.2) is 0 Å². The number of aliphatic hydroxyl groups is 1. The van der Waals surface area contributed by atoms with Crippen LogP contribution < -0.4 is 16.2 Å². The van der Waals surface area contributed by atoms with Gasteiger partial charge in [0.2, 0.25) is 10.0 Å². The fraction of sp³-hybridized carbons (Fsp3) is 0.455. The SMILES string of the molecule is COCC(CCO)Nc1ccc(S(N)(=O)=O)cc1N. The van der Waals surface area contributed by atoms with Gasteiger partial charge in [-0.05, 0) is 24.6 Å². The lowest BCUT2D eigenvalue weighted by Gasteiger charge is -2.19. The number of benzene rings is 1. The van der Waals surface area contributed by atoms with Crippen molar-refractivity contribution in [2.75, 3.05) is 31.4 Å². The van der Waals surface area contributed by atoms with Crippen LogP contribution >= 0.6 is 0 Å². The molecule has 0 saturated carbocycles. The summed E-state index contributed by atoms with van der Waals surface area (Å²) in [5.74, 6) is 0. The van der Waals surface area contributed by atoms with Gasteiger partial charge in [0.25, 0.3) is 0 Å². The molecule has 7 nitrogen and oxygen atoms in total. The predicted molar refractivity (Wildman–Crippen MR) is 73.2 cm³/mol. The van der Waals surface area contributed by atoms with Gasteiger partial charge in [0.05, 0.1) is 28.9 Å². The number of methoxy groups -OCH3 is 1. The summed E-state index contributed by atoms with van der Waals surface area (Å²) in [6, 6.07) is 4.09. The van der Waals surface area contributed by atoms with Crippen LogP contribution in [-0.2, 0) is 14.8 Å². The van der Waals surface area contributed by atoms with E-state index in [0.717, 1.165) is 0 Å². The highest BCUT2D eigenvalue weighted by atomic mass is 32.2. The first-order chi connectivity index (χ1) is 8.88. The topological polar surface area (TPSA) is 128 Å². The Kier molecular flexibility index (Phi) is 5.55. The molecule has 1 aromatic carbocycles. The maximum absolute atomic E-state index is 11.2. The summed E-state index contributed by atoms with van der Waals surface area (Å²) < 4.78 is 27.4. The molecule has 0 aromatic heterocycles. The molecule has 0 bridgehead atoms. The second-order valence-electron chi connectivity index (χ2n) is 4.10. The van der Waals surface area contributed by atoms with Crippen LogP contribution in [0.4, 0.5) is 11.4 Å². The van der Waals surface area contributed by atoms with Crippen LogP contribution in [0, 0.1) is 0 Å². The zero-order valence-corrected chi connectivity index (χ0v) is 11.5. The summed E-state index contributed by atoms with van der Waals surface area (Å²) in [4.78, 5) is -0.0407. The van der Waals surface area contributed by atoms with Crippen LogP contribution in [0.1, 0.15) is 6.42 Å². The summed E-state index contributed by atoms with van der Waals surface area (Å²) in [6.45, 7) is 0.410. The van der Waals surface area contributed by atoms with Crippen molar-refractivity contribution in [3.63, 3.8) is 0 Å². The molecule has 6 N–H and O–H groups in total. The molecular weight excluding hydrogens is 270 g/mol. The third kappa shape index (κ3) is 4.67. The van der Waals surface area contributed by atoms with Crippen molar-refractivity contribution in [1.82, 2.24) is 0 Å². The Labute approximate surface area is 112 Å². The molecule has 1 aromatic rings. The summed E-state index contributed by atoms with van der Waals surface area (Å²) >= 11 is 0. The fourth-order valence-corrected chi connectivity index (χ4v) is 2.17. The van der Waals surface area contributed by atoms with Gasteiger partial charge in [-0.1, -0.05) is 0 Å². The Bertz CT molecular complexity index is 513. The van der Waals surface area contributed by atoms with Crippen molar-refractivity contribution >= 4 is 21.4 Å². The van der Waals surface area contributed by atoms with Crippen LogP contribution in [-0.4, -0.2) is 39.9 Å². The van der Waals surface area contributed by atoms with Crippen LogP contribution in [0.25, 0.3) is 0 Å². The lowest BCUT2D eigenvalue weighted by molar-refractivity contribution is 0.170. The number of rotatable bonds is 7. The zero-order chi connectivity index (χ0) is 14.5. The Morgan fingerprint density at radius 2 is 2.16 bits per heavy atom. The zero-order valence-electron chi connectivity index (χ0n) is 10.7. The smallest absolute Gasteiger partial charge is 0.238 e. The van der Waals surface area contributed by atoms with E-state index in [-0.39, 0.29) is 23.2 Å². The number of hydrogen-bond acceptors (Lipinski definition) is 6. The monoisotopic (exact) mass is 289 g/mol. The molecule has 19 heavy (non-hydrogen) atoms. The van der Waals surface area contributed by atoms with Crippen molar-refractivity contribution in [2.45, 2.75) is 17.4 Å². The van der Waals surface area contributed by atoms with Gasteiger partial charge < -0.3 is 20.9 Å². The number of nitrogens with two attached hydrogens (primary N) is 2. The van der Waals surface area contributed by atoms with E-state index < -0.39 is 10.0 Å². The van der Waals surface area contributed by atoms with Gasteiger partial charge in [-0.2, -0.15) is 0 Å². The van der Waals surface area contributed by atoms with Crippen LogP contribution in [0.2, 0.25) is 0 Å². The lowest BCUT2D eigenvalue weighted by Crippen LogP contribution is -2.26. The molecule has 0 aliphatic heterocycles. The van der Waals surface area contributed by atoms with Crippen molar-refractivity contribution in [1.29, 1.82) is 0 Å². The minimum absolute atomic E-state index is 0.0101. The molecule has 0 aliphatic carbocycles. The second-order valence-corrected chi connectivity index (χ2v) is 5.66. The van der Waals surface area contributed by atoms with Gasteiger partial charge >= 0.3 is 0 Å². The molecule has 1 unspecified atom stereocenters. The van der Waals surface area contributed by atoms with Gasteiger partial charge in [0.1, 0.15) is 0 Å². The maximum Gasteiger partial charge on any atom is 0.238 e. The van der Waals surface area contributed by atoms with Gasteiger partial charge in [-0.3, -0.25) is 0 Å². The third-order valence-electron chi connectivity index (χ3n) is 2.56. The quantitative estimate of drug-likeness (QED) is 0.511. The predicted octanol–water partition coefficient (Wildman–Crippen LogP) is -0.274. The minimum atomic E-state index is -3.76. The Morgan fingerprint density at radius 1 is 1.47 bits per heavy atom. The van der Waals surface area contributed by atoms with Gasteiger partial charge in [-0.25, -0.2) is 13.6 Å². The number of primary sulfonamides is 1. The van der Waals surface area contributed by atoms with E-state index in [2.05, 4.69) is 5.32 Å². The first kappa shape index (κ1) is 15.7. The second kappa shape index (κ2) is 6.71. The van der Waals surface area contributed by atoms with Crippen LogP contribution in [0.5, 0.6) is 0 Å². The summed E-state index contributed by atoms with van der Waals surface area (Å²) in [7, 11) is -2.21. The lowest BCUT2D eigenvalue weighted by atomic mass is 10.2. The Hall–Kier alpha value is -1.35. The van der Waals surface area contributed by atoms with Crippen molar-refractivity contribution < 1.29 is 18.3 Å². The number of nitrogen functional groups attached to an aromatic ring is 1. The standard InChI is InChI=1S/C11H19N3O4S/c1-18-7-8(4-5-15)14-11-3-2-9(6-10(11)12)19(13,16)17/h2-3,6,8,14-15H,4-5,7,12H2,1H3,(H2,13,16,17). The molecule has 0 aliphatic rings. The van der Waals surface area contributed by atoms with Crippen molar-refractivity contribution in [3.05, 3.63) is 18.2 Å². The molecule has 0 fully saturated rings. The molecule has 0 amide bonds. The fourth-order valence-electron chi connectivity index (χ4n) is 1.62. The summed E-state index contributed by atoms with van der Waals surface area (Å²) in [5, 5.41) is 17.0. The van der Waals surface area contributed by atoms with Crippen molar-refractivity contribution in [3.8, 4) is 0 Å². The highest BCUT2D eigenvalue weighted by Crippen LogP contribution is 2.23. The van der Waals surface area contributed by atoms with Crippen LogP contribution in [0.3, 0.4) is 0 Å². The highest BCUT2D eigenvalue weighted by molar-refractivity contribution is 7.89. The number of sulfonamides is 1. The first-order valence-electron chi connectivity index (χ1n) is 5.67. The molecule has 0 radical (unpaired) electrons. The van der Waals surface area contributed by atoms with Gasteiger partial charge in [-0.15, -0.1) is 0 Å². The molecule has 0 saturated heterocycles. The number of ether oxygens (including phenoxy) is 1. The largest absolute Gasteiger partial charge is 0.397 e. The number of hydrogen-bond donors (Lipinski definition) is 4. The number of aliphatic hydroxyl groups excluding tert-OH is 1. The number of nitrogens with one attached hydrogen (secondary N) is 1. The normalized spacial score (nSPS) is 13.2. The number of anilines is 2. The van der Waals surface area contributed by atoms with E-state index in [0.29, 0.717) is 18.7 Å². The molecule has 1 atom stereocenters. The Balaban J connectivity index is 2.90. The average molecular weight is 289 g/mol. The molecule has 0 heterocycles. The molecule has 8 heteroatoms. The molecular formula is C11H19N3O4S. The van der Waals surface area contributed by atoms with E-state index in [4.69, 9.17) is 20.7 Å². The van der Waals surface area contributed by atoms with E-state index in [1.54, 1.807) is 7.11 Å². The Morgan fingerprint density at radius 3 is 2.63 bits per heavy atom. The van der Waals surface area contributed by atoms with E-state index in [1.807, 2.05) is 0 Å². The minimum Gasteiger partial charge on any atom is -0.397 e. The molecule has 1 rings (SSSR count). The van der Waals surface area contributed by atoms with Crippen molar-refractivity contribution in [2.24, 2.45) is 5.14 Å². The summed E-state index contributed by atoms with van der Waals surface area (Å²) in [6.07, 6.45) is 0.490. The highest BCUT2D eigenvalue weighted by Gasteiger charge is 2.13. The molecule has 0 spiro atoms. The third-order valence-corrected chi connectivity index (χ3v) is 3.47. The molecule has 108 valence electrons. The maximum atomic E-state index is 11.2. The summed E-state index contributed by atoms with van der Waals surface area (Å²) in [5.41, 5.74) is 6.61. The van der Waals surface area contributed by atoms with E-state index >= 15 is 0 Å². The van der Waals surface area contributed by atoms with E-state index in [9.17, 15) is 8.42 Å². The average Bonchev–Trinajstić information content (AvgIpc) is 2.31. The van der Waals surface area contributed by atoms with Gasteiger partial charge in [0, 0.05) is 13.7 Å². The first-order valence-corrected chi connectivity index (χ1v) is 7.21.